The van der Waals surface area contributed by atoms with Crippen LogP contribution in [-0.2, 0) is 0 Å². The van der Waals surface area contributed by atoms with Crippen molar-refractivity contribution in [2.75, 3.05) is 18.6 Å². The molecular weight excluding hydrogens is 330 g/mol. The van der Waals surface area contributed by atoms with Crippen molar-refractivity contribution < 1.29 is 0 Å². The maximum Gasteiger partial charge on any atom is 0.257 e. The second kappa shape index (κ2) is 6.32. The largest absolute Gasteiger partial charge is 0.357 e. The fourth-order valence-electron chi connectivity index (χ4n) is 1.32. The van der Waals surface area contributed by atoms with Crippen molar-refractivity contribution in [3.05, 3.63) is 12.7 Å². The minimum Gasteiger partial charge on any atom is -0.357 e. The van der Waals surface area contributed by atoms with E-state index < -0.39 is 0 Å². The van der Waals surface area contributed by atoms with Crippen molar-refractivity contribution in [2.45, 2.75) is 13.8 Å². The first kappa shape index (κ1) is 14.2. The van der Waals surface area contributed by atoms with E-state index in [1.54, 1.807) is 18.8 Å². The Balaban J connectivity index is 1.92. The quantitative estimate of drug-likeness (QED) is 0.682. The van der Waals surface area contributed by atoms with Crippen molar-refractivity contribution in [1.29, 1.82) is 0 Å². The highest BCUT2D eigenvalue weighted by molar-refractivity contribution is 8.02. The molecule has 3 rings (SSSR count). The van der Waals surface area contributed by atoms with E-state index in [1.807, 2.05) is 6.26 Å². The van der Waals surface area contributed by atoms with Crippen LogP contribution in [0, 0.1) is 0 Å². The Labute approximate surface area is 132 Å². The number of hydrogen-bond donors (Lipinski definition) is 1. The van der Waals surface area contributed by atoms with E-state index in [9.17, 15) is 0 Å². The van der Waals surface area contributed by atoms with Crippen molar-refractivity contribution in [1.82, 2.24) is 39.9 Å². The first-order valence-electron chi connectivity index (χ1n) is 5.62. The third-order valence-corrected chi connectivity index (χ3v) is 5.01. The van der Waals surface area contributed by atoms with E-state index in [0.29, 0.717) is 17.1 Å². The lowest BCUT2D eigenvalue weighted by Gasteiger charge is -2.04. The smallest absolute Gasteiger partial charge is 0.257 e. The molecule has 0 aromatic carbocycles. The Bertz CT molecular complexity index is 726. The summed E-state index contributed by atoms with van der Waals surface area (Å²) in [5, 5.41) is 15.6. The van der Waals surface area contributed by atoms with E-state index in [-0.39, 0.29) is 0 Å². The molecule has 0 saturated carbocycles. The zero-order valence-corrected chi connectivity index (χ0v) is 13.4. The molecule has 0 amide bonds. The molecule has 0 spiro atoms. The number of anilines is 1. The van der Waals surface area contributed by atoms with Gasteiger partial charge in [-0.15, -0.1) is 10.2 Å². The van der Waals surface area contributed by atoms with Gasteiger partial charge in [0.25, 0.3) is 5.95 Å². The molecule has 3 aromatic heterocycles. The summed E-state index contributed by atoms with van der Waals surface area (Å²) < 4.78 is 3.15. The van der Waals surface area contributed by atoms with Gasteiger partial charge in [-0.05, 0) is 18.0 Å². The first-order valence-corrected chi connectivity index (χ1v) is 8.48. The molecule has 0 bridgehead atoms. The summed E-state index contributed by atoms with van der Waals surface area (Å²) in [5.41, 5.74) is 0. The monoisotopic (exact) mass is 339 g/mol. The van der Waals surface area contributed by atoms with Gasteiger partial charge < -0.3 is 5.32 Å². The first-order chi connectivity index (χ1) is 10.3. The molecule has 0 unspecified atom stereocenters. The summed E-state index contributed by atoms with van der Waals surface area (Å²) in [7, 11) is 1.74. The number of aromatic nitrogens is 8. The van der Waals surface area contributed by atoms with Crippen molar-refractivity contribution in [3.8, 4) is 5.95 Å². The Morgan fingerprint density at radius 1 is 1.19 bits per heavy atom. The minimum absolute atomic E-state index is 0.393. The van der Waals surface area contributed by atoms with E-state index >= 15 is 0 Å². The van der Waals surface area contributed by atoms with Crippen LogP contribution in [0.15, 0.2) is 26.5 Å². The van der Waals surface area contributed by atoms with Crippen LogP contribution in [0.4, 0.5) is 5.95 Å². The van der Waals surface area contributed by atoms with Gasteiger partial charge in [-0.2, -0.15) is 24.7 Å². The van der Waals surface area contributed by atoms with Gasteiger partial charge in [-0.3, -0.25) is 0 Å². The summed E-state index contributed by atoms with van der Waals surface area (Å²) in [6.45, 7) is 0. The second-order valence-electron chi connectivity index (χ2n) is 3.47. The molecule has 3 heterocycles. The molecule has 0 radical (unpaired) electrons. The van der Waals surface area contributed by atoms with Crippen LogP contribution in [0.3, 0.4) is 0 Å². The number of nitrogens with one attached hydrogen (secondary N) is 1. The molecule has 0 atom stereocenters. The van der Waals surface area contributed by atoms with Gasteiger partial charge in [0.15, 0.2) is 8.68 Å². The van der Waals surface area contributed by atoms with E-state index in [4.69, 9.17) is 0 Å². The number of thioether (sulfide) groups is 1. The molecule has 0 fully saturated rings. The van der Waals surface area contributed by atoms with E-state index in [2.05, 4.69) is 40.5 Å². The van der Waals surface area contributed by atoms with Crippen LogP contribution in [0.2, 0.25) is 0 Å². The fourth-order valence-corrected chi connectivity index (χ4v) is 3.60. The molecule has 12 heteroatoms. The van der Waals surface area contributed by atoms with Crippen LogP contribution in [-0.4, -0.2) is 53.2 Å². The van der Waals surface area contributed by atoms with Crippen molar-refractivity contribution >= 4 is 40.8 Å². The lowest BCUT2D eigenvalue weighted by Crippen LogP contribution is -2.07. The maximum absolute atomic E-state index is 4.35. The number of nitrogens with zero attached hydrogens (tertiary/aromatic N) is 8. The van der Waals surface area contributed by atoms with Gasteiger partial charge in [-0.1, -0.05) is 23.1 Å². The van der Waals surface area contributed by atoms with Gasteiger partial charge in [0.2, 0.25) is 11.1 Å². The Kier molecular flexibility index (Phi) is 4.26. The highest BCUT2D eigenvalue weighted by atomic mass is 32.2. The zero-order valence-electron chi connectivity index (χ0n) is 11.0. The van der Waals surface area contributed by atoms with Crippen LogP contribution in [0.1, 0.15) is 0 Å². The fraction of sp³-hybridized carbons (Fsp3) is 0.222. The molecule has 108 valence electrons. The Morgan fingerprint density at radius 2 is 2.05 bits per heavy atom. The maximum atomic E-state index is 4.35. The summed E-state index contributed by atoms with van der Waals surface area (Å²) in [6.07, 6.45) is 4.91. The molecule has 0 saturated heterocycles. The standard InChI is InChI=1S/C9H9N9S3/c1-10-5-13-6(18-4-11-3-12-18)15-7(14-5)20-9-17-16-8(19-2)21-9/h3-4H,1-2H3,(H,10,13,14,15). The van der Waals surface area contributed by atoms with Gasteiger partial charge in [0.05, 0.1) is 0 Å². The third-order valence-electron chi connectivity index (χ3n) is 2.19. The molecule has 1 N–H and O–H groups in total. The molecule has 21 heavy (non-hydrogen) atoms. The molecule has 3 aromatic rings. The highest BCUT2D eigenvalue weighted by Gasteiger charge is 2.12. The van der Waals surface area contributed by atoms with E-state index in [0.717, 1.165) is 8.68 Å². The molecule has 0 aliphatic rings. The van der Waals surface area contributed by atoms with Gasteiger partial charge in [-0.25, -0.2) is 4.98 Å². The van der Waals surface area contributed by atoms with E-state index in [1.165, 1.54) is 40.4 Å². The third kappa shape index (κ3) is 3.28. The number of rotatable bonds is 5. The van der Waals surface area contributed by atoms with Crippen molar-refractivity contribution in [3.63, 3.8) is 0 Å². The lowest BCUT2D eigenvalue weighted by molar-refractivity contribution is 0.760. The van der Waals surface area contributed by atoms with Crippen LogP contribution >= 0.6 is 34.9 Å². The molecule has 0 aliphatic carbocycles. The molecule has 0 aliphatic heterocycles. The topological polar surface area (TPSA) is 107 Å². The molecular formula is C9H9N9S3. The summed E-state index contributed by atoms with van der Waals surface area (Å²) in [5.74, 6) is 0.844. The average molecular weight is 339 g/mol. The Hall–Kier alpha value is -1.79. The molecule has 9 nitrogen and oxygen atoms in total. The van der Waals surface area contributed by atoms with Crippen LogP contribution < -0.4 is 5.32 Å². The van der Waals surface area contributed by atoms with Gasteiger partial charge in [0.1, 0.15) is 12.7 Å². The van der Waals surface area contributed by atoms with Crippen LogP contribution in [0.5, 0.6) is 0 Å². The summed E-state index contributed by atoms with van der Waals surface area (Å²) >= 11 is 4.38. The Morgan fingerprint density at radius 3 is 2.71 bits per heavy atom. The van der Waals surface area contributed by atoms with Gasteiger partial charge >= 0.3 is 0 Å². The minimum atomic E-state index is 0.393. The van der Waals surface area contributed by atoms with Crippen molar-refractivity contribution in [2.24, 2.45) is 0 Å². The van der Waals surface area contributed by atoms with Crippen LogP contribution in [0.25, 0.3) is 5.95 Å². The summed E-state index contributed by atoms with van der Waals surface area (Å²) in [6, 6.07) is 0. The number of hydrogen-bond acceptors (Lipinski definition) is 11. The zero-order chi connectivity index (χ0) is 14.7. The summed E-state index contributed by atoms with van der Waals surface area (Å²) in [4.78, 5) is 16.8. The second-order valence-corrected chi connectivity index (χ2v) is 6.72. The average Bonchev–Trinajstić information content (AvgIpc) is 3.18. The SMILES string of the molecule is CNc1nc(Sc2nnc(SC)s2)nc(-n2cncn2)n1. The predicted molar refractivity (Wildman–Crippen MR) is 80.1 cm³/mol. The predicted octanol–water partition coefficient (Wildman–Crippen LogP) is 1.22. The highest BCUT2D eigenvalue weighted by Crippen LogP contribution is 2.31. The lowest BCUT2D eigenvalue weighted by atomic mass is 10.8. The van der Waals surface area contributed by atoms with Gasteiger partial charge in [0, 0.05) is 7.05 Å². The normalized spacial score (nSPS) is 10.8.